The van der Waals surface area contributed by atoms with Gasteiger partial charge in [0.05, 0.1) is 6.42 Å². The zero-order valence-electron chi connectivity index (χ0n) is 17.0. The van der Waals surface area contributed by atoms with Crippen LogP contribution in [0.25, 0.3) is 4.95 Å². The van der Waals surface area contributed by atoms with Crippen molar-refractivity contribution in [3.63, 3.8) is 0 Å². The van der Waals surface area contributed by atoms with Gasteiger partial charge < -0.3 is 0 Å². The van der Waals surface area contributed by atoms with Crippen molar-refractivity contribution in [2.75, 3.05) is 14.1 Å². The first-order valence-corrected chi connectivity index (χ1v) is 9.86. The smallest absolute Gasteiger partial charge is 0.237 e. The number of thiocarbonyl (C=S) groups is 2. The highest BCUT2D eigenvalue weighted by Crippen LogP contribution is 2.06. The minimum absolute atomic E-state index is 0.244. The summed E-state index contributed by atoms with van der Waals surface area (Å²) in [5.74, 6) is 0.860. The Bertz CT molecular complexity index is 967. The van der Waals surface area contributed by atoms with Gasteiger partial charge in [0.2, 0.25) is 12.0 Å². The minimum Gasteiger partial charge on any atom is -0.290 e. The molecule has 0 atom stereocenters. The molecule has 31 heavy (non-hydrogen) atoms. The molecule has 0 amide bonds. The molecule has 2 aromatic rings. The molecule has 156 valence electrons. The topological polar surface area (TPSA) is 83.4 Å². The molecule has 0 spiro atoms. The average molecular weight is 449 g/mol. The van der Waals surface area contributed by atoms with E-state index in [0.717, 1.165) is 11.1 Å². The molecule has 0 aromatic heterocycles. The van der Waals surface area contributed by atoms with E-state index in [1.807, 2.05) is 66.9 Å². The second-order valence-electron chi connectivity index (χ2n) is 6.16. The summed E-state index contributed by atoms with van der Waals surface area (Å²) >= 11 is 10.8. The highest BCUT2D eigenvalue weighted by molar-refractivity contribution is 7.82. The summed E-state index contributed by atoms with van der Waals surface area (Å²) < 4.78 is 0. The lowest BCUT2D eigenvalue weighted by atomic mass is 10.2. The fourth-order valence-corrected chi connectivity index (χ4v) is 3.28. The molecule has 10 heteroatoms. The Labute approximate surface area is 192 Å². The first-order valence-electron chi connectivity index (χ1n) is 9.04. The number of rotatable bonds is 4. The van der Waals surface area contributed by atoms with Gasteiger partial charge in [0, 0.05) is 25.2 Å². The predicted octanol–water partition coefficient (Wildman–Crippen LogP) is 3.11. The van der Waals surface area contributed by atoms with Crippen LogP contribution < -0.4 is 10.9 Å². The van der Waals surface area contributed by atoms with Crippen molar-refractivity contribution >= 4 is 46.1 Å². The number of nitrogens with one attached hydrogen (secondary N) is 2. The first-order chi connectivity index (χ1) is 15.0. The maximum atomic E-state index is 9.02. The molecule has 2 aromatic carbocycles. The Hall–Kier alpha value is -3.86. The van der Waals surface area contributed by atoms with Gasteiger partial charge in [-0.15, -0.1) is 4.95 Å². The van der Waals surface area contributed by atoms with Crippen LogP contribution in [0.15, 0.2) is 70.8 Å². The molecule has 0 fully saturated rings. The van der Waals surface area contributed by atoms with Crippen molar-refractivity contribution in [1.29, 1.82) is 5.26 Å². The van der Waals surface area contributed by atoms with Gasteiger partial charge in [0.25, 0.3) is 0 Å². The van der Waals surface area contributed by atoms with Gasteiger partial charge >= 0.3 is 0 Å². The third-order valence-electron chi connectivity index (χ3n) is 3.91. The molecular formula is C21H20N8S2. The second-order valence-corrected chi connectivity index (χ2v) is 7.14. The number of amidine groups is 2. The number of benzene rings is 2. The Morgan fingerprint density at radius 3 is 1.84 bits per heavy atom. The van der Waals surface area contributed by atoms with Crippen molar-refractivity contribution in [2.45, 2.75) is 6.42 Å². The van der Waals surface area contributed by atoms with Crippen molar-refractivity contribution in [1.82, 2.24) is 20.9 Å². The van der Waals surface area contributed by atoms with E-state index in [-0.39, 0.29) is 6.42 Å². The van der Waals surface area contributed by atoms with Crippen molar-refractivity contribution in [3.05, 3.63) is 83.3 Å². The molecular weight excluding hydrogens is 428 g/mol. The SMILES string of the molecule is [C-]#[N+]N=C(c1ccccc1)N(C)NC(=S)CC(=S)NN(C)C(=NC#N)c1ccccc1. The van der Waals surface area contributed by atoms with Crippen LogP contribution in [0, 0.1) is 18.0 Å². The summed E-state index contributed by atoms with van der Waals surface area (Å²) in [5.41, 5.74) is 7.57. The largest absolute Gasteiger partial charge is 0.290 e. The van der Waals surface area contributed by atoms with E-state index in [4.69, 9.17) is 36.3 Å². The number of hydrazine groups is 2. The monoisotopic (exact) mass is 448 g/mol. The molecule has 0 aliphatic heterocycles. The van der Waals surface area contributed by atoms with Gasteiger partial charge in [-0.05, 0) is 0 Å². The summed E-state index contributed by atoms with van der Waals surface area (Å²) in [7, 11) is 3.44. The van der Waals surface area contributed by atoms with Crippen molar-refractivity contribution in [2.24, 2.45) is 10.1 Å². The lowest BCUT2D eigenvalue weighted by Gasteiger charge is -2.24. The summed E-state index contributed by atoms with van der Waals surface area (Å²) in [6.45, 7) is 7.07. The van der Waals surface area contributed by atoms with E-state index in [9.17, 15) is 0 Å². The molecule has 0 saturated heterocycles. The van der Waals surface area contributed by atoms with E-state index in [2.05, 4.69) is 25.9 Å². The number of hydrogen-bond acceptors (Lipinski definition) is 5. The summed E-state index contributed by atoms with van der Waals surface area (Å²) in [6, 6.07) is 18.6. The van der Waals surface area contributed by atoms with E-state index < -0.39 is 0 Å². The van der Waals surface area contributed by atoms with Crippen LogP contribution in [0.5, 0.6) is 0 Å². The van der Waals surface area contributed by atoms with Crippen LogP contribution in [0.4, 0.5) is 0 Å². The van der Waals surface area contributed by atoms with Crippen LogP contribution in [0.1, 0.15) is 17.5 Å². The molecule has 0 saturated carbocycles. The summed E-state index contributed by atoms with van der Waals surface area (Å²) in [6.07, 6.45) is 2.05. The van der Waals surface area contributed by atoms with Gasteiger partial charge in [0.15, 0.2) is 5.84 Å². The molecule has 0 aliphatic rings. The number of nitriles is 1. The van der Waals surface area contributed by atoms with Gasteiger partial charge in [0.1, 0.15) is 15.1 Å². The Balaban J connectivity index is 1.99. The second kappa shape index (κ2) is 12.0. The fourth-order valence-electron chi connectivity index (χ4n) is 2.63. The third-order valence-corrected chi connectivity index (χ3v) is 4.38. The van der Waals surface area contributed by atoms with E-state index >= 15 is 0 Å². The van der Waals surface area contributed by atoms with Crippen molar-refractivity contribution < 1.29 is 0 Å². The van der Waals surface area contributed by atoms with Gasteiger partial charge in [-0.2, -0.15) is 16.8 Å². The molecule has 2 rings (SSSR count). The highest BCUT2D eigenvalue weighted by atomic mass is 32.1. The van der Waals surface area contributed by atoms with Gasteiger partial charge in [-0.25, -0.2) is 0 Å². The number of aliphatic imine (C=N–C) groups is 1. The quantitative estimate of drug-likeness (QED) is 0.186. The predicted molar refractivity (Wildman–Crippen MR) is 130 cm³/mol. The standard InChI is InChI=1S/C21H20N8S2/c1-23-25-21(17-12-8-5-9-13-17)29(3)27-19(31)14-18(30)26-28(2)20(24-15-22)16-10-6-4-7-11-16/h4-13H,14H2,2-3H3,(H,26,30)(H,27,31). The zero-order chi connectivity index (χ0) is 22.6. The Morgan fingerprint density at radius 2 is 1.39 bits per heavy atom. The third kappa shape index (κ3) is 7.16. The number of hydrogen-bond donors (Lipinski definition) is 2. The van der Waals surface area contributed by atoms with Crippen LogP contribution in [0.3, 0.4) is 0 Å². The van der Waals surface area contributed by atoms with Crippen LogP contribution in [0.2, 0.25) is 0 Å². The summed E-state index contributed by atoms with van der Waals surface area (Å²) in [5, 5.41) is 16.0. The maximum absolute atomic E-state index is 9.02. The van der Waals surface area contributed by atoms with E-state index in [0.29, 0.717) is 21.6 Å². The van der Waals surface area contributed by atoms with Crippen LogP contribution in [-0.2, 0) is 0 Å². The molecule has 8 nitrogen and oxygen atoms in total. The zero-order valence-corrected chi connectivity index (χ0v) is 18.6. The Morgan fingerprint density at radius 1 is 0.935 bits per heavy atom. The van der Waals surface area contributed by atoms with E-state index in [1.54, 1.807) is 24.1 Å². The minimum atomic E-state index is 0.244. The first kappa shape index (κ1) is 23.4. The Kier molecular flexibility index (Phi) is 9.05. The normalized spacial score (nSPS) is 11.0. The molecule has 0 heterocycles. The number of nitrogens with zero attached hydrogens (tertiary/aromatic N) is 6. The molecule has 0 bridgehead atoms. The lowest BCUT2D eigenvalue weighted by molar-refractivity contribution is 0.451. The molecule has 2 N–H and O–H groups in total. The fraction of sp³-hybridized carbons (Fsp3) is 0.143. The van der Waals surface area contributed by atoms with Crippen molar-refractivity contribution in [3.8, 4) is 6.19 Å². The molecule has 0 aliphatic carbocycles. The average Bonchev–Trinajstić information content (AvgIpc) is 2.76. The molecule has 0 unspecified atom stereocenters. The highest BCUT2D eigenvalue weighted by Gasteiger charge is 2.16. The maximum Gasteiger partial charge on any atom is 0.237 e. The lowest BCUT2D eigenvalue weighted by Crippen LogP contribution is -2.47. The van der Waals surface area contributed by atoms with E-state index in [1.165, 1.54) is 0 Å². The van der Waals surface area contributed by atoms with Gasteiger partial charge in [-0.3, -0.25) is 20.9 Å². The van der Waals surface area contributed by atoms with Crippen LogP contribution >= 0.6 is 24.4 Å². The van der Waals surface area contributed by atoms with Crippen LogP contribution in [-0.4, -0.2) is 45.8 Å². The summed E-state index contributed by atoms with van der Waals surface area (Å²) in [4.78, 5) is 7.87. The molecule has 0 radical (unpaired) electrons. The van der Waals surface area contributed by atoms with Gasteiger partial charge in [-0.1, -0.05) is 85.1 Å².